The molecule has 1 aliphatic rings. The van der Waals surface area contributed by atoms with Crippen molar-refractivity contribution in [3.05, 3.63) is 48.3 Å². The van der Waals surface area contributed by atoms with Crippen molar-refractivity contribution >= 4 is 39.3 Å². The summed E-state index contributed by atoms with van der Waals surface area (Å²) in [5.41, 5.74) is 0. The number of rotatable bonds is 5. The maximum Gasteiger partial charge on any atom is 0.243 e. The van der Waals surface area contributed by atoms with E-state index in [2.05, 4.69) is 28.2 Å². The Morgan fingerprint density at radius 3 is 2.67 bits per heavy atom. The Morgan fingerprint density at radius 1 is 1.23 bits per heavy atom. The Morgan fingerprint density at radius 2 is 1.97 bits per heavy atom. The van der Waals surface area contributed by atoms with Crippen LogP contribution in [0.15, 0.2) is 47.4 Å². The topological polar surface area (TPSA) is 101 Å². The summed E-state index contributed by atoms with van der Waals surface area (Å²) in [6.07, 6.45) is 0.343. The van der Waals surface area contributed by atoms with Crippen LogP contribution in [0.25, 0.3) is 10.8 Å². The molecule has 9 nitrogen and oxygen atoms in total. The van der Waals surface area contributed by atoms with Crippen LogP contribution in [-0.4, -0.2) is 68.6 Å². The number of nitrogens with zero attached hydrogens (tertiary/aromatic N) is 6. The van der Waals surface area contributed by atoms with Gasteiger partial charge in [-0.15, -0.1) is 5.10 Å². The van der Waals surface area contributed by atoms with E-state index in [1.165, 1.54) is 13.9 Å². The van der Waals surface area contributed by atoms with Crippen LogP contribution in [0.5, 0.6) is 0 Å². The quantitative estimate of drug-likeness (QED) is 0.589. The van der Waals surface area contributed by atoms with Crippen LogP contribution >= 0.6 is 12.6 Å². The first-order valence-corrected chi connectivity index (χ1v) is 11.4. The number of carbonyl (C=O) groups excluding carboxylic acids is 1. The summed E-state index contributed by atoms with van der Waals surface area (Å²) in [5.74, 6) is 0.203. The zero-order valence-corrected chi connectivity index (χ0v) is 18.3. The summed E-state index contributed by atoms with van der Waals surface area (Å²) in [4.78, 5) is 14.8. The number of carbonyl (C=O) groups is 1. The normalized spacial score (nSPS) is 20.0. The Kier molecular flexibility index (Phi) is 5.51. The van der Waals surface area contributed by atoms with E-state index in [9.17, 15) is 13.2 Å². The van der Waals surface area contributed by atoms with Crippen molar-refractivity contribution < 1.29 is 13.2 Å². The molecule has 1 amide bonds. The van der Waals surface area contributed by atoms with E-state index in [0.717, 1.165) is 10.8 Å². The molecule has 0 N–H and O–H groups in total. The molecule has 0 unspecified atom stereocenters. The van der Waals surface area contributed by atoms with Gasteiger partial charge in [0, 0.05) is 25.9 Å². The summed E-state index contributed by atoms with van der Waals surface area (Å²) < 4.78 is 29.6. The molecule has 2 aromatic carbocycles. The van der Waals surface area contributed by atoms with Gasteiger partial charge in [-0.05, 0) is 39.8 Å². The third kappa shape index (κ3) is 3.80. The molecular weight excluding hydrogens is 424 g/mol. The average molecular weight is 447 g/mol. The molecule has 1 saturated heterocycles. The fourth-order valence-corrected chi connectivity index (χ4v) is 5.82. The Balaban J connectivity index is 1.62. The zero-order chi connectivity index (χ0) is 21.5. The average Bonchev–Trinajstić information content (AvgIpc) is 3.32. The molecule has 11 heteroatoms. The fourth-order valence-electron chi connectivity index (χ4n) is 3.66. The van der Waals surface area contributed by atoms with Crippen LogP contribution in [0.4, 0.5) is 0 Å². The number of hydrogen-bond acceptors (Lipinski definition) is 7. The van der Waals surface area contributed by atoms with Gasteiger partial charge in [0.15, 0.2) is 5.82 Å². The second-order valence-corrected chi connectivity index (χ2v) is 10.0. The SMILES string of the molecule is CN(Cc1nnnn1C)C(=O)[C@@H]1C[C@@H](S)CN1S(=O)(=O)c1ccc2ccccc2c1. The summed E-state index contributed by atoms with van der Waals surface area (Å²) in [6.45, 7) is 0.355. The van der Waals surface area contributed by atoms with E-state index >= 15 is 0 Å². The van der Waals surface area contributed by atoms with Gasteiger partial charge in [-0.2, -0.15) is 16.9 Å². The Labute approximate surface area is 180 Å². The zero-order valence-electron chi connectivity index (χ0n) is 16.6. The predicted molar refractivity (Wildman–Crippen MR) is 114 cm³/mol. The third-order valence-corrected chi connectivity index (χ3v) is 7.55. The number of fused-ring (bicyclic) bond motifs is 1. The van der Waals surface area contributed by atoms with Crippen molar-refractivity contribution in [2.75, 3.05) is 13.6 Å². The van der Waals surface area contributed by atoms with E-state index in [4.69, 9.17) is 0 Å². The molecule has 0 aliphatic carbocycles. The largest absolute Gasteiger partial charge is 0.337 e. The first-order valence-electron chi connectivity index (χ1n) is 9.42. The minimum atomic E-state index is -3.87. The molecule has 2 atom stereocenters. The van der Waals surface area contributed by atoms with Crippen molar-refractivity contribution in [1.82, 2.24) is 29.4 Å². The standard InChI is InChI=1S/C19H22N6O3S2/c1-23(12-18-20-21-22-24(18)2)19(26)17-10-15(29)11-25(17)30(27,28)16-8-7-13-5-3-4-6-14(13)9-16/h3-9,15,17,29H,10-12H2,1-2H3/t15-,17+/m1/s1. The van der Waals surface area contributed by atoms with Crippen LogP contribution in [0.2, 0.25) is 0 Å². The lowest BCUT2D eigenvalue weighted by Crippen LogP contribution is -2.46. The molecule has 0 bridgehead atoms. The van der Waals surface area contributed by atoms with Gasteiger partial charge in [0.2, 0.25) is 15.9 Å². The molecule has 0 saturated carbocycles. The molecule has 30 heavy (non-hydrogen) atoms. The lowest BCUT2D eigenvalue weighted by molar-refractivity contribution is -0.133. The lowest BCUT2D eigenvalue weighted by Gasteiger charge is -2.27. The monoisotopic (exact) mass is 446 g/mol. The highest BCUT2D eigenvalue weighted by molar-refractivity contribution is 7.89. The van der Waals surface area contributed by atoms with Gasteiger partial charge >= 0.3 is 0 Å². The molecule has 158 valence electrons. The van der Waals surface area contributed by atoms with Gasteiger partial charge < -0.3 is 4.90 Å². The first-order chi connectivity index (χ1) is 14.3. The molecule has 2 heterocycles. The van der Waals surface area contributed by atoms with Crippen molar-refractivity contribution in [1.29, 1.82) is 0 Å². The van der Waals surface area contributed by atoms with E-state index in [1.807, 2.05) is 24.3 Å². The maximum atomic E-state index is 13.4. The van der Waals surface area contributed by atoms with Gasteiger partial charge in [0.25, 0.3) is 0 Å². The van der Waals surface area contributed by atoms with Crippen molar-refractivity contribution in [2.45, 2.75) is 29.2 Å². The number of aromatic nitrogens is 4. The molecule has 0 spiro atoms. The van der Waals surface area contributed by atoms with Crippen molar-refractivity contribution in [3.8, 4) is 0 Å². The van der Waals surface area contributed by atoms with Gasteiger partial charge in [0.1, 0.15) is 6.04 Å². The molecular formula is C19H22N6O3S2. The Bertz CT molecular complexity index is 1200. The smallest absolute Gasteiger partial charge is 0.243 e. The highest BCUT2D eigenvalue weighted by Crippen LogP contribution is 2.31. The van der Waals surface area contributed by atoms with Crippen molar-refractivity contribution in [3.63, 3.8) is 0 Å². The van der Waals surface area contributed by atoms with Crippen LogP contribution in [0, 0.1) is 0 Å². The lowest BCUT2D eigenvalue weighted by atomic mass is 10.1. The molecule has 4 rings (SSSR count). The second kappa shape index (κ2) is 7.97. The summed E-state index contributed by atoms with van der Waals surface area (Å²) in [6, 6.07) is 11.7. The minimum Gasteiger partial charge on any atom is -0.337 e. The van der Waals surface area contributed by atoms with Crippen molar-refractivity contribution in [2.24, 2.45) is 7.05 Å². The number of aryl methyl sites for hydroxylation is 1. The summed E-state index contributed by atoms with van der Waals surface area (Å²) >= 11 is 4.47. The second-order valence-electron chi connectivity index (χ2n) is 7.40. The van der Waals surface area contributed by atoms with Gasteiger partial charge in [-0.1, -0.05) is 30.3 Å². The number of benzene rings is 2. The Hall–Kier alpha value is -2.50. The van der Waals surface area contributed by atoms with Gasteiger partial charge in [0.05, 0.1) is 11.4 Å². The number of amides is 1. The molecule has 1 aromatic heterocycles. The fraction of sp³-hybridized carbons (Fsp3) is 0.368. The summed E-state index contributed by atoms with van der Waals surface area (Å²) in [7, 11) is -0.571. The van der Waals surface area contributed by atoms with E-state index in [1.54, 1.807) is 32.3 Å². The van der Waals surface area contributed by atoms with E-state index in [-0.39, 0.29) is 29.1 Å². The van der Waals surface area contributed by atoms with E-state index in [0.29, 0.717) is 12.2 Å². The van der Waals surface area contributed by atoms with Gasteiger partial charge in [-0.3, -0.25) is 4.79 Å². The number of hydrogen-bond donors (Lipinski definition) is 1. The van der Waals surface area contributed by atoms with Crippen LogP contribution in [-0.2, 0) is 28.4 Å². The molecule has 0 radical (unpaired) electrons. The highest BCUT2D eigenvalue weighted by Gasteiger charge is 2.44. The first kappa shape index (κ1) is 20.8. The van der Waals surface area contributed by atoms with Gasteiger partial charge in [-0.25, -0.2) is 13.1 Å². The van der Waals surface area contributed by atoms with Crippen LogP contribution < -0.4 is 0 Å². The number of sulfonamides is 1. The number of thiol groups is 1. The predicted octanol–water partition coefficient (Wildman–Crippen LogP) is 1.08. The third-order valence-electron chi connectivity index (χ3n) is 5.31. The molecule has 1 fully saturated rings. The minimum absolute atomic E-state index is 0.168. The molecule has 1 aliphatic heterocycles. The number of tetrazole rings is 1. The highest BCUT2D eigenvalue weighted by atomic mass is 32.2. The number of likely N-dealkylation sites (N-methyl/N-ethyl adjacent to an activating group) is 1. The summed E-state index contributed by atoms with van der Waals surface area (Å²) in [5, 5.41) is 12.8. The van der Waals surface area contributed by atoms with Crippen LogP contribution in [0.3, 0.4) is 0 Å². The van der Waals surface area contributed by atoms with Crippen LogP contribution in [0.1, 0.15) is 12.2 Å². The molecule has 3 aromatic rings. The van der Waals surface area contributed by atoms with E-state index < -0.39 is 16.1 Å². The maximum absolute atomic E-state index is 13.4.